The molecule has 4 saturated heterocycles. The molecule has 0 spiro atoms. The molecule has 7 heterocycles. The molecule has 15 heteroatoms. The van der Waals surface area contributed by atoms with Gasteiger partial charge in [0.1, 0.15) is 61.2 Å². The smallest absolute Gasteiger partial charge is 0.410 e. The Labute approximate surface area is 382 Å². The first-order valence-corrected chi connectivity index (χ1v) is 25.7. The number of carbonyl (C=O) groups is 1. The summed E-state index contributed by atoms with van der Waals surface area (Å²) in [6.07, 6.45) is 2.29. The Morgan fingerprint density at radius 3 is 2.49 bits per heavy atom. The zero-order valence-electron chi connectivity index (χ0n) is 39.6. The van der Waals surface area contributed by atoms with Crippen LogP contribution in [-0.4, -0.2) is 121 Å². The van der Waals surface area contributed by atoms with E-state index in [9.17, 15) is 9.18 Å². The first-order valence-electron chi connectivity index (χ1n) is 23.5. The van der Waals surface area contributed by atoms with Crippen molar-refractivity contribution in [2.45, 2.75) is 146 Å². The van der Waals surface area contributed by atoms with E-state index in [1.54, 1.807) is 13.2 Å². The highest BCUT2D eigenvalue weighted by Crippen LogP contribution is 2.48. The molecule has 9 rings (SSSR count). The normalized spacial score (nSPS) is 24.0. The van der Waals surface area contributed by atoms with E-state index in [0.717, 1.165) is 48.6 Å². The van der Waals surface area contributed by atoms with Crippen molar-refractivity contribution < 1.29 is 37.3 Å². The van der Waals surface area contributed by atoms with E-state index >= 15 is 4.39 Å². The second-order valence-corrected chi connectivity index (χ2v) is 26.4. The molecule has 5 aliphatic rings. The molecule has 2 aromatic carbocycles. The standard InChI is InChI=1S/C50H64F2N6O6Si/c1-29(2)65(30(3)4,31(5)6)20-17-32-13-11-14-33-21-36(63-28-60-10)22-37(40(32)33)43-42(52)44-41-45(55-47(54-44)62-27-50-18-12-19-56(50)24-34(51)23-50)57-25-35-15-16-38(39(57)26-61-46(41)53-43)58(35)48(59)64-49(7,8)9/h11,13-14,21-22,29-31,34-35,38-39H,12,15-16,18-19,23-28H2,1-10H3/t34-,35+,38-,39-,50-/m0/s1. The quantitative estimate of drug-likeness (QED) is 0.0862. The number of rotatable bonds is 10. The lowest BCUT2D eigenvalue weighted by molar-refractivity contribution is 0.00537. The molecule has 0 saturated carbocycles. The van der Waals surface area contributed by atoms with Gasteiger partial charge in [-0.05, 0) is 93.2 Å². The van der Waals surface area contributed by atoms with E-state index in [0.29, 0.717) is 58.7 Å². The number of ether oxygens (including phenoxy) is 5. The number of benzene rings is 2. The summed E-state index contributed by atoms with van der Waals surface area (Å²) < 4.78 is 63.6. The lowest BCUT2D eigenvalue weighted by Crippen LogP contribution is -2.63. The van der Waals surface area contributed by atoms with Crippen LogP contribution in [0.4, 0.5) is 19.4 Å². The predicted octanol–water partition coefficient (Wildman–Crippen LogP) is 9.84. The maximum atomic E-state index is 18.1. The molecule has 1 amide bonds. The van der Waals surface area contributed by atoms with Crippen LogP contribution in [0.25, 0.3) is 32.9 Å². The van der Waals surface area contributed by atoms with Crippen LogP contribution < -0.4 is 19.1 Å². The van der Waals surface area contributed by atoms with Gasteiger partial charge >= 0.3 is 12.1 Å². The van der Waals surface area contributed by atoms with E-state index in [1.165, 1.54) is 0 Å². The predicted molar refractivity (Wildman–Crippen MR) is 251 cm³/mol. The third-order valence-electron chi connectivity index (χ3n) is 14.8. The van der Waals surface area contributed by atoms with Crippen LogP contribution in [0.3, 0.4) is 0 Å². The summed E-state index contributed by atoms with van der Waals surface area (Å²) >= 11 is 0. The van der Waals surface area contributed by atoms with E-state index in [4.69, 9.17) is 38.6 Å². The van der Waals surface area contributed by atoms with Crippen molar-refractivity contribution in [2.75, 3.05) is 51.7 Å². The zero-order chi connectivity index (χ0) is 46.2. The number of carbonyl (C=O) groups excluding carboxylic acids is 1. The van der Waals surface area contributed by atoms with Gasteiger partial charge in [-0.15, -0.1) is 5.54 Å². The highest BCUT2D eigenvalue weighted by molar-refractivity contribution is 6.90. The number of aromatic nitrogens is 3. The molecule has 2 aromatic heterocycles. The van der Waals surface area contributed by atoms with Gasteiger partial charge in [-0.2, -0.15) is 9.97 Å². The fourth-order valence-corrected chi connectivity index (χ4v) is 17.3. The van der Waals surface area contributed by atoms with Crippen LogP contribution >= 0.6 is 0 Å². The van der Waals surface area contributed by atoms with Crippen LogP contribution in [-0.2, 0) is 9.47 Å². The summed E-state index contributed by atoms with van der Waals surface area (Å²) in [5.41, 5.74) is 5.18. The topological polar surface area (TPSA) is 112 Å². The number of methoxy groups -OCH3 is 1. The fourth-order valence-electron chi connectivity index (χ4n) is 12.1. The van der Waals surface area contributed by atoms with Gasteiger partial charge in [-0.1, -0.05) is 59.6 Å². The summed E-state index contributed by atoms with van der Waals surface area (Å²) in [7, 11) is -0.624. The van der Waals surface area contributed by atoms with Crippen molar-refractivity contribution in [3.8, 4) is 40.4 Å². The highest BCUT2D eigenvalue weighted by Gasteiger charge is 2.53. The Hall–Kier alpha value is -4.78. The van der Waals surface area contributed by atoms with Crippen molar-refractivity contribution >= 4 is 41.7 Å². The Morgan fingerprint density at radius 2 is 1.77 bits per heavy atom. The van der Waals surface area contributed by atoms with E-state index in [2.05, 4.69) is 62.8 Å². The number of nitrogens with zero attached hydrogens (tertiary/aromatic N) is 6. The van der Waals surface area contributed by atoms with Crippen molar-refractivity contribution in [3.05, 3.63) is 41.7 Å². The zero-order valence-corrected chi connectivity index (χ0v) is 40.6. The minimum absolute atomic E-state index is 0.00564. The Morgan fingerprint density at radius 1 is 1.00 bits per heavy atom. The van der Waals surface area contributed by atoms with E-state index in [-0.39, 0.29) is 67.3 Å². The monoisotopic (exact) mass is 910 g/mol. The number of halogens is 2. The molecule has 65 heavy (non-hydrogen) atoms. The third-order valence-corrected chi connectivity index (χ3v) is 21.1. The minimum Gasteiger partial charge on any atom is -0.475 e. The van der Waals surface area contributed by atoms with Gasteiger partial charge in [-0.25, -0.2) is 18.6 Å². The van der Waals surface area contributed by atoms with Crippen LogP contribution in [0.15, 0.2) is 30.3 Å². The fraction of sp³-hybridized carbons (Fsp3) is 0.600. The molecule has 0 N–H and O–H groups in total. The first kappa shape index (κ1) is 45.4. The number of hydrogen-bond acceptors (Lipinski definition) is 11. The van der Waals surface area contributed by atoms with Gasteiger partial charge in [-0.3, -0.25) is 9.80 Å². The maximum absolute atomic E-state index is 18.1. The molecule has 0 unspecified atom stereocenters. The highest BCUT2D eigenvalue weighted by atomic mass is 28.3. The summed E-state index contributed by atoms with van der Waals surface area (Å²) in [5.74, 6) is 4.05. The van der Waals surface area contributed by atoms with Gasteiger partial charge < -0.3 is 28.6 Å². The summed E-state index contributed by atoms with van der Waals surface area (Å²) in [6.45, 7) is 21.2. The molecule has 4 aromatic rings. The molecule has 4 fully saturated rings. The van der Waals surface area contributed by atoms with Crippen molar-refractivity contribution in [2.24, 2.45) is 0 Å². The lowest BCUT2D eigenvalue weighted by Gasteiger charge is -2.46. The second-order valence-electron chi connectivity index (χ2n) is 20.8. The molecule has 0 radical (unpaired) electrons. The number of piperazine rings is 1. The summed E-state index contributed by atoms with van der Waals surface area (Å²) in [6, 6.07) is 8.82. The number of hydrogen-bond donors (Lipinski definition) is 0. The van der Waals surface area contributed by atoms with E-state index < -0.39 is 31.2 Å². The van der Waals surface area contributed by atoms with E-state index in [1.807, 2.05) is 49.9 Å². The SMILES string of the molecule is COCOc1cc(-c2nc3c4c(nc(OC[C@@]56CCCN5C[C@@H](F)C6)nc4c2F)N2C[C@H]4CC[C@@H]([C@@H]2CO3)N4C(=O)OC(C)(C)C)c2c(C#C[Si](C(C)C)(C(C)C)C(C)C)cccc2c1. The molecule has 0 aliphatic carbocycles. The average Bonchev–Trinajstić information content (AvgIpc) is 3.85. The van der Waals surface area contributed by atoms with Gasteiger partial charge in [0.25, 0.3) is 0 Å². The molecular weight excluding hydrogens is 847 g/mol. The molecular formula is C50H64F2N6O6Si. The Bertz CT molecular complexity index is 2540. The van der Waals surface area contributed by atoms with Crippen LogP contribution in [0.1, 0.15) is 100.0 Å². The third kappa shape index (κ3) is 7.94. The second kappa shape index (κ2) is 17.1. The first-order chi connectivity index (χ1) is 30.9. The van der Waals surface area contributed by atoms with Crippen LogP contribution in [0.5, 0.6) is 17.6 Å². The number of anilines is 1. The van der Waals surface area contributed by atoms with Crippen molar-refractivity contribution in [1.29, 1.82) is 0 Å². The summed E-state index contributed by atoms with van der Waals surface area (Å²) in [5, 5.41) is 1.85. The van der Waals surface area contributed by atoms with Crippen LogP contribution in [0.2, 0.25) is 16.6 Å². The molecule has 348 valence electrons. The van der Waals surface area contributed by atoms with Crippen molar-refractivity contribution in [1.82, 2.24) is 24.8 Å². The van der Waals surface area contributed by atoms with Gasteiger partial charge in [0.2, 0.25) is 5.88 Å². The Kier molecular flexibility index (Phi) is 12.0. The number of amides is 1. The molecule has 5 aliphatic heterocycles. The number of alkyl halides is 1. The Balaban J connectivity index is 1.23. The van der Waals surface area contributed by atoms with Crippen molar-refractivity contribution in [3.63, 3.8) is 0 Å². The number of pyridine rings is 1. The molecule has 2 bridgehead atoms. The molecule has 5 atom stereocenters. The summed E-state index contributed by atoms with van der Waals surface area (Å²) in [4.78, 5) is 34.9. The molecule has 12 nitrogen and oxygen atoms in total. The average molecular weight is 911 g/mol. The number of fused-ring (bicyclic) bond motifs is 7. The van der Waals surface area contributed by atoms with Gasteiger partial charge in [0, 0.05) is 43.1 Å². The largest absolute Gasteiger partial charge is 0.475 e. The van der Waals surface area contributed by atoms with Crippen LogP contribution in [0, 0.1) is 17.3 Å². The van der Waals surface area contributed by atoms with Gasteiger partial charge in [0.05, 0.1) is 23.7 Å². The lowest BCUT2D eigenvalue weighted by atomic mass is 9.95. The van der Waals surface area contributed by atoms with Gasteiger partial charge in [0.15, 0.2) is 12.6 Å². The minimum atomic E-state index is -2.17. The maximum Gasteiger partial charge on any atom is 0.410 e.